The van der Waals surface area contributed by atoms with E-state index in [1.807, 2.05) is 31.2 Å². The van der Waals surface area contributed by atoms with E-state index in [1.165, 1.54) is 4.90 Å². The highest BCUT2D eigenvalue weighted by Gasteiger charge is 2.30. The van der Waals surface area contributed by atoms with Gasteiger partial charge in [0.2, 0.25) is 0 Å². The lowest BCUT2D eigenvalue weighted by Gasteiger charge is -2.22. The molecule has 3 rings (SSSR count). The number of nitrogens with zero attached hydrogens (tertiary/aromatic N) is 3. The summed E-state index contributed by atoms with van der Waals surface area (Å²) in [5.74, 6) is -0.501. The Labute approximate surface area is 160 Å². The highest BCUT2D eigenvalue weighted by molar-refractivity contribution is 6.07. The molecule has 8 heteroatoms. The third-order valence-electron chi connectivity index (χ3n) is 4.53. The molecular weight excluding hydrogens is 371 g/mol. The van der Waals surface area contributed by atoms with Crippen molar-refractivity contribution in [2.45, 2.75) is 33.4 Å². The number of rotatable bonds is 5. The molecule has 0 unspecified atom stereocenters. The molecule has 0 aliphatic heterocycles. The summed E-state index contributed by atoms with van der Waals surface area (Å²) < 4.78 is 43.1. The lowest BCUT2D eigenvalue weighted by Crippen LogP contribution is -2.34. The van der Waals surface area contributed by atoms with Crippen molar-refractivity contribution in [1.82, 2.24) is 15.0 Å². The average Bonchev–Trinajstić information content (AvgIpc) is 3.02. The van der Waals surface area contributed by atoms with Crippen molar-refractivity contribution in [2.24, 2.45) is 0 Å². The van der Waals surface area contributed by atoms with E-state index >= 15 is 0 Å². The number of aryl methyl sites for hydroxylation is 2. The first-order chi connectivity index (χ1) is 13.2. The van der Waals surface area contributed by atoms with E-state index in [9.17, 15) is 18.0 Å². The van der Waals surface area contributed by atoms with Gasteiger partial charge >= 0.3 is 6.18 Å². The Morgan fingerprint density at radius 2 is 1.86 bits per heavy atom. The fourth-order valence-electron chi connectivity index (χ4n) is 2.97. The number of hydrogen-bond acceptors (Lipinski definition) is 4. The van der Waals surface area contributed by atoms with E-state index in [0.717, 1.165) is 11.1 Å². The van der Waals surface area contributed by atoms with Crippen LogP contribution in [-0.4, -0.2) is 40.2 Å². The summed E-state index contributed by atoms with van der Waals surface area (Å²) in [5, 5.41) is 4.29. The molecule has 0 spiro atoms. The van der Waals surface area contributed by atoms with Crippen LogP contribution in [0.25, 0.3) is 22.4 Å². The van der Waals surface area contributed by atoms with E-state index in [2.05, 4.69) is 10.1 Å². The fraction of sp³-hybridized carbons (Fsp3) is 0.350. The highest BCUT2D eigenvalue weighted by Crippen LogP contribution is 2.29. The molecule has 0 saturated heterocycles. The van der Waals surface area contributed by atoms with Gasteiger partial charge in [-0.3, -0.25) is 4.79 Å². The molecule has 0 fully saturated rings. The molecule has 1 amide bonds. The predicted molar refractivity (Wildman–Crippen MR) is 99.0 cm³/mol. The van der Waals surface area contributed by atoms with E-state index in [1.54, 1.807) is 19.9 Å². The molecule has 0 aliphatic carbocycles. The van der Waals surface area contributed by atoms with Gasteiger partial charge in [-0.15, -0.1) is 0 Å². The van der Waals surface area contributed by atoms with E-state index < -0.39 is 25.0 Å². The van der Waals surface area contributed by atoms with Gasteiger partial charge in [-0.25, -0.2) is 4.98 Å². The molecule has 2 aromatic heterocycles. The lowest BCUT2D eigenvalue weighted by atomic mass is 10.0. The zero-order chi connectivity index (χ0) is 20.5. The number of hydrogen-bond donors (Lipinski definition) is 0. The van der Waals surface area contributed by atoms with Crippen LogP contribution in [0, 0.1) is 13.8 Å². The number of halogens is 3. The Kier molecular flexibility index (Phi) is 5.40. The maximum absolute atomic E-state index is 13.1. The molecule has 28 heavy (non-hydrogen) atoms. The summed E-state index contributed by atoms with van der Waals surface area (Å²) in [6.07, 6.45) is -5.39. The summed E-state index contributed by atoms with van der Waals surface area (Å²) in [4.78, 5) is 18.7. The van der Waals surface area contributed by atoms with Gasteiger partial charge in [-0.1, -0.05) is 35.0 Å². The van der Waals surface area contributed by atoms with Crippen molar-refractivity contribution < 1.29 is 22.5 Å². The minimum atomic E-state index is -4.33. The molecule has 0 saturated carbocycles. The van der Waals surface area contributed by atoms with Gasteiger partial charge in [0.1, 0.15) is 0 Å². The van der Waals surface area contributed by atoms with Crippen LogP contribution in [0.2, 0.25) is 0 Å². The van der Waals surface area contributed by atoms with Crippen LogP contribution in [0.1, 0.15) is 35.0 Å². The van der Waals surface area contributed by atoms with Crippen molar-refractivity contribution in [3.05, 3.63) is 47.2 Å². The second-order valence-corrected chi connectivity index (χ2v) is 6.62. The quantitative estimate of drug-likeness (QED) is 0.619. The Hall–Kier alpha value is -2.90. The smallest absolute Gasteiger partial charge is 0.339 e. The number of benzene rings is 1. The van der Waals surface area contributed by atoms with Crippen LogP contribution < -0.4 is 0 Å². The average molecular weight is 391 g/mol. The molecule has 2 heterocycles. The van der Waals surface area contributed by atoms with Crippen molar-refractivity contribution in [3.8, 4) is 11.3 Å². The monoisotopic (exact) mass is 391 g/mol. The SMILES string of the molecule is CCN(CCC(F)(F)F)C(=O)c1cc(-c2ccc(C)cc2)nc2onc(C)c12. The number of carbonyl (C=O) groups excluding carboxylic acids is 1. The second-order valence-electron chi connectivity index (χ2n) is 6.62. The predicted octanol–water partition coefficient (Wildman–Crippen LogP) is 4.92. The van der Waals surface area contributed by atoms with E-state index in [4.69, 9.17) is 4.52 Å². The highest BCUT2D eigenvalue weighted by atomic mass is 19.4. The molecule has 0 atom stereocenters. The number of carbonyl (C=O) groups is 1. The summed E-state index contributed by atoms with van der Waals surface area (Å²) in [6.45, 7) is 5.01. The Bertz CT molecular complexity index is 994. The minimum absolute atomic E-state index is 0.156. The lowest BCUT2D eigenvalue weighted by molar-refractivity contribution is -0.136. The number of pyridine rings is 1. The van der Waals surface area contributed by atoms with Gasteiger partial charge in [0.25, 0.3) is 11.6 Å². The van der Waals surface area contributed by atoms with Gasteiger partial charge < -0.3 is 9.42 Å². The number of amides is 1. The Balaban J connectivity index is 2.06. The topological polar surface area (TPSA) is 59.2 Å². The Morgan fingerprint density at radius 1 is 1.18 bits per heavy atom. The standard InChI is InChI=1S/C20H20F3N3O2/c1-4-26(10-9-20(21,22)23)19(27)15-11-16(14-7-5-12(2)6-8-14)24-18-17(15)13(3)25-28-18/h5-8,11H,4,9-10H2,1-3H3. The summed E-state index contributed by atoms with van der Waals surface area (Å²) in [5.41, 5.74) is 3.23. The van der Waals surface area contributed by atoms with Gasteiger partial charge in [0, 0.05) is 18.7 Å². The first kappa shape index (κ1) is 19.9. The first-order valence-corrected chi connectivity index (χ1v) is 8.89. The second kappa shape index (κ2) is 7.61. The normalized spacial score (nSPS) is 11.8. The summed E-state index contributed by atoms with van der Waals surface area (Å²) in [7, 11) is 0. The molecule has 1 aromatic carbocycles. The van der Waals surface area contributed by atoms with Gasteiger partial charge in [0.15, 0.2) is 0 Å². The molecule has 0 aliphatic rings. The third-order valence-corrected chi connectivity index (χ3v) is 4.53. The van der Waals surface area contributed by atoms with Gasteiger partial charge in [-0.2, -0.15) is 13.2 Å². The molecule has 0 radical (unpaired) electrons. The van der Waals surface area contributed by atoms with Crippen LogP contribution in [0.3, 0.4) is 0 Å². The number of fused-ring (bicyclic) bond motifs is 1. The van der Waals surface area contributed by atoms with Crippen molar-refractivity contribution in [3.63, 3.8) is 0 Å². The third kappa shape index (κ3) is 4.16. The molecule has 0 bridgehead atoms. The van der Waals surface area contributed by atoms with Gasteiger partial charge in [-0.05, 0) is 26.8 Å². The Morgan fingerprint density at radius 3 is 2.46 bits per heavy atom. The van der Waals surface area contributed by atoms with Crippen LogP contribution in [0.15, 0.2) is 34.9 Å². The molecular formula is C20H20F3N3O2. The summed E-state index contributed by atoms with van der Waals surface area (Å²) >= 11 is 0. The van der Waals surface area contributed by atoms with Crippen LogP contribution in [-0.2, 0) is 0 Å². The number of alkyl halides is 3. The van der Waals surface area contributed by atoms with Crippen molar-refractivity contribution >= 4 is 17.0 Å². The van der Waals surface area contributed by atoms with E-state index in [-0.39, 0.29) is 17.8 Å². The molecule has 5 nitrogen and oxygen atoms in total. The molecule has 148 valence electrons. The zero-order valence-corrected chi connectivity index (χ0v) is 15.8. The van der Waals surface area contributed by atoms with Gasteiger partial charge in [0.05, 0.1) is 28.8 Å². The van der Waals surface area contributed by atoms with Crippen LogP contribution in [0.4, 0.5) is 13.2 Å². The maximum atomic E-state index is 13.1. The van der Waals surface area contributed by atoms with Crippen molar-refractivity contribution in [1.29, 1.82) is 0 Å². The largest absolute Gasteiger partial charge is 0.390 e. The van der Waals surface area contributed by atoms with Crippen LogP contribution >= 0.6 is 0 Å². The van der Waals surface area contributed by atoms with E-state index in [0.29, 0.717) is 16.8 Å². The van der Waals surface area contributed by atoms with Crippen LogP contribution in [0.5, 0.6) is 0 Å². The minimum Gasteiger partial charge on any atom is -0.339 e. The summed E-state index contributed by atoms with van der Waals surface area (Å²) in [6, 6.07) is 9.15. The molecule has 3 aromatic rings. The zero-order valence-electron chi connectivity index (χ0n) is 15.8. The fourth-order valence-corrected chi connectivity index (χ4v) is 2.97. The molecule has 0 N–H and O–H groups in total. The number of aromatic nitrogens is 2. The first-order valence-electron chi connectivity index (χ1n) is 8.89. The van der Waals surface area contributed by atoms with Crippen molar-refractivity contribution in [2.75, 3.05) is 13.1 Å². The maximum Gasteiger partial charge on any atom is 0.390 e.